The fourth-order valence-electron chi connectivity index (χ4n) is 3.82. The summed E-state index contributed by atoms with van der Waals surface area (Å²) in [7, 11) is 0. The second-order valence-electron chi connectivity index (χ2n) is 8.78. The standard InChI is InChI=1S/C21H35N5O3.HI/c1-21(2,3)29-20(27)26-13-11-25(12-14-26)19(22)23-16-17(18-8-7-15-28-18)24-9-5-4-6-10-24;/h7-8,15,17H,4-6,9-14,16H2,1-3H3,(H2,22,23);1H. The highest BCUT2D eigenvalue weighted by molar-refractivity contribution is 14.0. The molecule has 30 heavy (non-hydrogen) atoms. The van der Waals surface area contributed by atoms with Gasteiger partial charge in [0.05, 0.1) is 18.8 Å². The molecular weight excluding hydrogens is 497 g/mol. The van der Waals surface area contributed by atoms with E-state index in [1.165, 1.54) is 19.3 Å². The number of halogens is 1. The van der Waals surface area contributed by atoms with Gasteiger partial charge in [0.1, 0.15) is 11.4 Å². The molecule has 3 heterocycles. The van der Waals surface area contributed by atoms with Gasteiger partial charge in [-0.15, -0.1) is 24.0 Å². The number of amides is 1. The summed E-state index contributed by atoms with van der Waals surface area (Å²) in [5.41, 5.74) is 5.81. The predicted octanol–water partition coefficient (Wildman–Crippen LogP) is 3.29. The van der Waals surface area contributed by atoms with Crippen molar-refractivity contribution in [2.75, 3.05) is 45.8 Å². The van der Waals surface area contributed by atoms with Gasteiger partial charge in [-0.1, -0.05) is 6.42 Å². The first-order valence-electron chi connectivity index (χ1n) is 10.6. The van der Waals surface area contributed by atoms with Crippen molar-refractivity contribution in [1.82, 2.24) is 14.7 Å². The van der Waals surface area contributed by atoms with E-state index >= 15 is 0 Å². The molecule has 1 atom stereocenters. The molecule has 2 fully saturated rings. The van der Waals surface area contributed by atoms with E-state index in [1.54, 1.807) is 11.2 Å². The van der Waals surface area contributed by atoms with E-state index in [1.807, 2.05) is 37.8 Å². The number of piperidine rings is 1. The Hall–Kier alpha value is -1.49. The van der Waals surface area contributed by atoms with E-state index in [4.69, 9.17) is 19.9 Å². The van der Waals surface area contributed by atoms with Crippen LogP contribution in [0, 0.1) is 0 Å². The largest absolute Gasteiger partial charge is 0.468 e. The highest BCUT2D eigenvalue weighted by Gasteiger charge is 2.27. The molecule has 170 valence electrons. The van der Waals surface area contributed by atoms with Crippen LogP contribution in [0.15, 0.2) is 27.8 Å². The van der Waals surface area contributed by atoms with Crippen LogP contribution in [0.2, 0.25) is 0 Å². The maximum atomic E-state index is 12.2. The molecule has 0 bridgehead atoms. The lowest BCUT2D eigenvalue weighted by Crippen LogP contribution is -2.53. The van der Waals surface area contributed by atoms with E-state index in [9.17, 15) is 4.79 Å². The maximum absolute atomic E-state index is 12.2. The Bertz CT molecular complexity index is 675. The molecule has 9 heteroatoms. The monoisotopic (exact) mass is 533 g/mol. The van der Waals surface area contributed by atoms with Crippen molar-refractivity contribution < 1.29 is 13.9 Å². The number of nitrogens with two attached hydrogens (primary N) is 1. The van der Waals surface area contributed by atoms with Crippen molar-refractivity contribution in [3.63, 3.8) is 0 Å². The fourth-order valence-corrected chi connectivity index (χ4v) is 3.82. The number of carbonyl (C=O) groups excluding carboxylic acids is 1. The number of furan rings is 1. The summed E-state index contributed by atoms with van der Waals surface area (Å²) < 4.78 is 11.1. The van der Waals surface area contributed by atoms with Gasteiger partial charge in [0, 0.05) is 26.2 Å². The summed E-state index contributed by atoms with van der Waals surface area (Å²) in [6.45, 7) is 10.8. The van der Waals surface area contributed by atoms with Gasteiger partial charge in [-0.3, -0.25) is 9.89 Å². The molecule has 2 aliphatic heterocycles. The van der Waals surface area contributed by atoms with Crippen LogP contribution in [0.25, 0.3) is 0 Å². The summed E-state index contributed by atoms with van der Waals surface area (Å²) in [5, 5.41) is 0. The van der Waals surface area contributed by atoms with Crippen molar-refractivity contribution in [3.05, 3.63) is 24.2 Å². The SMILES string of the molecule is CC(C)(C)OC(=O)N1CCN(C(N)=NCC(c2ccco2)N2CCCCC2)CC1.I. The van der Waals surface area contributed by atoms with Gasteiger partial charge in [-0.2, -0.15) is 0 Å². The van der Waals surface area contributed by atoms with Gasteiger partial charge in [-0.05, 0) is 58.8 Å². The Morgan fingerprint density at radius 2 is 1.77 bits per heavy atom. The number of carbonyl (C=O) groups is 1. The number of guanidine groups is 1. The number of piperazine rings is 1. The van der Waals surface area contributed by atoms with Gasteiger partial charge in [-0.25, -0.2) is 4.79 Å². The average molecular weight is 533 g/mol. The molecule has 1 aromatic rings. The predicted molar refractivity (Wildman–Crippen MR) is 128 cm³/mol. The number of likely N-dealkylation sites (tertiary alicyclic amines) is 1. The molecule has 0 aromatic carbocycles. The third-order valence-electron chi connectivity index (χ3n) is 5.38. The quantitative estimate of drug-likeness (QED) is 0.363. The van der Waals surface area contributed by atoms with Crippen LogP contribution in [-0.4, -0.2) is 78.2 Å². The molecule has 2 aliphatic rings. The fraction of sp³-hybridized carbons (Fsp3) is 0.714. The van der Waals surface area contributed by atoms with Crippen LogP contribution in [0.3, 0.4) is 0 Å². The van der Waals surface area contributed by atoms with Gasteiger partial charge in [0.25, 0.3) is 0 Å². The Balaban J connectivity index is 0.00000320. The van der Waals surface area contributed by atoms with Gasteiger partial charge >= 0.3 is 6.09 Å². The minimum atomic E-state index is -0.482. The zero-order chi connectivity index (χ0) is 20.9. The zero-order valence-corrected chi connectivity index (χ0v) is 20.7. The van der Waals surface area contributed by atoms with Gasteiger partial charge < -0.3 is 24.7 Å². The molecule has 8 nitrogen and oxygen atoms in total. The number of nitrogens with zero attached hydrogens (tertiary/aromatic N) is 4. The summed E-state index contributed by atoms with van der Waals surface area (Å²) in [6, 6.07) is 4.06. The average Bonchev–Trinajstić information content (AvgIpc) is 3.22. The van der Waals surface area contributed by atoms with Crippen LogP contribution in [-0.2, 0) is 4.74 Å². The first-order valence-corrected chi connectivity index (χ1v) is 10.6. The number of aliphatic imine (C=N–C) groups is 1. The smallest absolute Gasteiger partial charge is 0.410 e. The molecule has 0 spiro atoms. The topological polar surface area (TPSA) is 87.5 Å². The molecular formula is C21H36IN5O3. The van der Waals surface area contributed by atoms with Crippen LogP contribution in [0.1, 0.15) is 51.8 Å². The highest BCUT2D eigenvalue weighted by Crippen LogP contribution is 2.25. The minimum absolute atomic E-state index is 0. The highest BCUT2D eigenvalue weighted by atomic mass is 127. The Morgan fingerprint density at radius 1 is 1.13 bits per heavy atom. The lowest BCUT2D eigenvalue weighted by molar-refractivity contribution is 0.0186. The Morgan fingerprint density at radius 3 is 2.33 bits per heavy atom. The molecule has 0 aliphatic carbocycles. The summed E-state index contributed by atoms with van der Waals surface area (Å²) >= 11 is 0. The molecule has 1 aromatic heterocycles. The third-order valence-corrected chi connectivity index (χ3v) is 5.38. The number of ether oxygens (including phenoxy) is 1. The number of hydrogen-bond acceptors (Lipinski definition) is 5. The number of hydrogen-bond donors (Lipinski definition) is 1. The van der Waals surface area contributed by atoms with Crippen LogP contribution in [0.4, 0.5) is 4.79 Å². The lowest BCUT2D eigenvalue weighted by Gasteiger charge is -2.36. The molecule has 2 N–H and O–H groups in total. The van der Waals surface area contributed by atoms with E-state index in [0.717, 1.165) is 18.8 Å². The maximum Gasteiger partial charge on any atom is 0.410 e. The van der Waals surface area contributed by atoms with E-state index in [-0.39, 0.29) is 36.1 Å². The molecule has 0 radical (unpaired) electrons. The lowest BCUT2D eigenvalue weighted by atomic mass is 10.1. The van der Waals surface area contributed by atoms with Crippen molar-refractivity contribution >= 4 is 36.0 Å². The van der Waals surface area contributed by atoms with Crippen LogP contribution < -0.4 is 5.73 Å². The third kappa shape index (κ3) is 7.04. The van der Waals surface area contributed by atoms with Crippen LogP contribution in [0.5, 0.6) is 0 Å². The van der Waals surface area contributed by atoms with E-state index in [0.29, 0.717) is 38.7 Å². The molecule has 1 amide bonds. The molecule has 2 saturated heterocycles. The Kier molecular flexibility index (Phi) is 9.27. The Labute approximate surface area is 196 Å². The normalized spacial score (nSPS) is 19.9. The summed E-state index contributed by atoms with van der Waals surface area (Å²) in [5.74, 6) is 1.47. The zero-order valence-electron chi connectivity index (χ0n) is 18.4. The van der Waals surface area contributed by atoms with Crippen LogP contribution >= 0.6 is 24.0 Å². The second-order valence-corrected chi connectivity index (χ2v) is 8.78. The van der Waals surface area contributed by atoms with Gasteiger partial charge in [0.2, 0.25) is 0 Å². The molecule has 1 unspecified atom stereocenters. The van der Waals surface area contributed by atoms with E-state index in [2.05, 4.69) is 4.90 Å². The van der Waals surface area contributed by atoms with E-state index < -0.39 is 5.60 Å². The summed E-state index contributed by atoms with van der Waals surface area (Å²) in [6.07, 6.45) is 5.16. The van der Waals surface area contributed by atoms with Crippen molar-refractivity contribution in [1.29, 1.82) is 0 Å². The first-order chi connectivity index (χ1) is 13.8. The minimum Gasteiger partial charge on any atom is -0.468 e. The summed E-state index contributed by atoms with van der Waals surface area (Å²) in [4.78, 5) is 23.1. The van der Waals surface area contributed by atoms with Gasteiger partial charge in [0.15, 0.2) is 5.96 Å². The molecule has 3 rings (SSSR count). The first kappa shape index (κ1) is 24.8. The second kappa shape index (κ2) is 11.2. The van der Waals surface area contributed by atoms with Crippen molar-refractivity contribution in [2.24, 2.45) is 10.7 Å². The van der Waals surface area contributed by atoms with Crippen molar-refractivity contribution in [2.45, 2.75) is 51.7 Å². The number of rotatable bonds is 4. The molecule has 0 saturated carbocycles. The van der Waals surface area contributed by atoms with Crippen molar-refractivity contribution in [3.8, 4) is 0 Å².